The van der Waals surface area contributed by atoms with Crippen LogP contribution >= 0.6 is 0 Å². The SMILES string of the molecule is CC(C)c1noc2ncc(C(=O)N(C)[C@@H]3CCC[C@@H](C)C3)cc12. The molecule has 0 bridgehead atoms. The van der Waals surface area contributed by atoms with E-state index in [-0.39, 0.29) is 11.8 Å². The second kappa shape index (κ2) is 6.30. The first-order chi connectivity index (χ1) is 11.0. The summed E-state index contributed by atoms with van der Waals surface area (Å²) in [6.45, 7) is 6.38. The van der Waals surface area contributed by atoms with Crippen LogP contribution in [0.4, 0.5) is 0 Å². The van der Waals surface area contributed by atoms with E-state index in [4.69, 9.17) is 4.52 Å². The molecule has 124 valence electrons. The largest absolute Gasteiger partial charge is 0.339 e. The third-order valence-electron chi connectivity index (χ3n) is 4.93. The molecule has 0 unspecified atom stereocenters. The van der Waals surface area contributed by atoms with Crippen molar-refractivity contribution in [2.45, 2.75) is 58.4 Å². The predicted molar refractivity (Wildman–Crippen MR) is 89.4 cm³/mol. The molecule has 2 aromatic heterocycles. The summed E-state index contributed by atoms with van der Waals surface area (Å²) in [4.78, 5) is 19.0. The van der Waals surface area contributed by atoms with E-state index < -0.39 is 0 Å². The number of carbonyl (C=O) groups is 1. The molecular weight excluding hydrogens is 290 g/mol. The zero-order chi connectivity index (χ0) is 16.6. The van der Waals surface area contributed by atoms with Gasteiger partial charge in [-0.05, 0) is 30.7 Å². The van der Waals surface area contributed by atoms with Crippen molar-refractivity contribution in [3.05, 3.63) is 23.5 Å². The number of fused-ring (bicyclic) bond motifs is 1. The first-order valence-corrected chi connectivity index (χ1v) is 8.49. The molecule has 2 aromatic rings. The minimum atomic E-state index is 0.0365. The van der Waals surface area contributed by atoms with Crippen LogP contribution in [0, 0.1) is 5.92 Å². The maximum Gasteiger partial charge on any atom is 0.257 e. The number of carbonyl (C=O) groups excluding carboxylic acids is 1. The van der Waals surface area contributed by atoms with Crippen molar-refractivity contribution < 1.29 is 9.32 Å². The number of rotatable bonds is 3. The Balaban J connectivity index is 1.86. The Morgan fingerprint density at radius 3 is 2.87 bits per heavy atom. The molecule has 2 heterocycles. The van der Waals surface area contributed by atoms with Gasteiger partial charge in [-0.1, -0.05) is 38.8 Å². The molecule has 0 radical (unpaired) electrons. The maximum atomic E-state index is 12.8. The maximum absolute atomic E-state index is 12.8. The minimum Gasteiger partial charge on any atom is -0.339 e. The molecule has 5 heteroatoms. The first kappa shape index (κ1) is 16.0. The molecule has 1 fully saturated rings. The topological polar surface area (TPSA) is 59.2 Å². The molecule has 0 aliphatic heterocycles. The van der Waals surface area contributed by atoms with E-state index in [9.17, 15) is 4.79 Å². The third-order valence-corrected chi connectivity index (χ3v) is 4.93. The van der Waals surface area contributed by atoms with E-state index in [1.54, 1.807) is 6.20 Å². The van der Waals surface area contributed by atoms with Gasteiger partial charge in [-0.15, -0.1) is 0 Å². The highest BCUT2D eigenvalue weighted by atomic mass is 16.5. The van der Waals surface area contributed by atoms with Crippen LogP contribution in [0.2, 0.25) is 0 Å². The van der Waals surface area contributed by atoms with E-state index in [1.807, 2.05) is 18.0 Å². The van der Waals surface area contributed by atoms with Crippen LogP contribution in [-0.2, 0) is 0 Å². The van der Waals surface area contributed by atoms with Crippen molar-refractivity contribution in [2.24, 2.45) is 5.92 Å². The van der Waals surface area contributed by atoms with Crippen molar-refractivity contribution in [2.75, 3.05) is 7.05 Å². The number of hydrogen-bond donors (Lipinski definition) is 0. The van der Waals surface area contributed by atoms with Crippen LogP contribution in [0.3, 0.4) is 0 Å². The van der Waals surface area contributed by atoms with Gasteiger partial charge in [0, 0.05) is 19.3 Å². The number of aromatic nitrogens is 2. The van der Waals surface area contributed by atoms with E-state index >= 15 is 0 Å². The molecule has 5 nitrogen and oxygen atoms in total. The molecule has 1 aliphatic rings. The third kappa shape index (κ3) is 3.09. The molecule has 23 heavy (non-hydrogen) atoms. The lowest BCUT2D eigenvalue weighted by Gasteiger charge is -2.34. The Morgan fingerprint density at radius 1 is 1.39 bits per heavy atom. The van der Waals surface area contributed by atoms with E-state index in [1.165, 1.54) is 12.8 Å². The first-order valence-electron chi connectivity index (χ1n) is 8.49. The fourth-order valence-electron chi connectivity index (χ4n) is 3.51. The normalized spacial score (nSPS) is 21.8. The van der Waals surface area contributed by atoms with Crippen LogP contribution in [-0.4, -0.2) is 34.0 Å². The molecule has 0 aromatic carbocycles. The van der Waals surface area contributed by atoms with Crippen molar-refractivity contribution in [3.63, 3.8) is 0 Å². The average molecular weight is 315 g/mol. The van der Waals surface area contributed by atoms with Gasteiger partial charge in [0.05, 0.1) is 16.6 Å². The molecule has 0 saturated heterocycles. The van der Waals surface area contributed by atoms with Crippen LogP contribution in [0.25, 0.3) is 11.1 Å². The standard InChI is InChI=1S/C18H25N3O2/c1-11(2)16-15-9-13(10-19-17(15)23-20-16)18(22)21(4)14-7-5-6-12(3)8-14/h9-12,14H,5-8H2,1-4H3/t12-,14-/m1/s1. The molecule has 0 N–H and O–H groups in total. The zero-order valence-electron chi connectivity index (χ0n) is 14.4. The second-order valence-corrected chi connectivity index (χ2v) is 7.14. The average Bonchev–Trinajstić information content (AvgIpc) is 2.96. The number of nitrogens with zero attached hydrogens (tertiary/aromatic N) is 3. The summed E-state index contributed by atoms with van der Waals surface area (Å²) in [5, 5.41) is 4.92. The molecule has 3 rings (SSSR count). The summed E-state index contributed by atoms with van der Waals surface area (Å²) in [6.07, 6.45) is 6.24. The van der Waals surface area contributed by atoms with Gasteiger partial charge in [-0.25, -0.2) is 4.98 Å². The molecule has 1 saturated carbocycles. The van der Waals surface area contributed by atoms with Gasteiger partial charge in [-0.3, -0.25) is 4.79 Å². The summed E-state index contributed by atoms with van der Waals surface area (Å²) in [7, 11) is 1.91. The van der Waals surface area contributed by atoms with E-state index in [0.29, 0.717) is 23.2 Å². The Morgan fingerprint density at radius 2 is 2.17 bits per heavy atom. The summed E-state index contributed by atoms with van der Waals surface area (Å²) >= 11 is 0. The highest BCUT2D eigenvalue weighted by Crippen LogP contribution is 2.28. The second-order valence-electron chi connectivity index (χ2n) is 7.14. The lowest BCUT2D eigenvalue weighted by atomic mass is 9.86. The van der Waals surface area contributed by atoms with Gasteiger partial charge in [-0.2, -0.15) is 0 Å². The van der Waals surface area contributed by atoms with Crippen molar-refractivity contribution in [3.8, 4) is 0 Å². The van der Waals surface area contributed by atoms with Gasteiger partial charge in [0.2, 0.25) is 0 Å². The van der Waals surface area contributed by atoms with Crippen molar-refractivity contribution >= 4 is 17.0 Å². The smallest absolute Gasteiger partial charge is 0.257 e. The quantitative estimate of drug-likeness (QED) is 0.859. The number of hydrogen-bond acceptors (Lipinski definition) is 4. The van der Waals surface area contributed by atoms with Gasteiger partial charge in [0.1, 0.15) is 0 Å². The Bertz CT molecular complexity index is 707. The van der Waals surface area contributed by atoms with Crippen LogP contribution in [0.5, 0.6) is 0 Å². The van der Waals surface area contributed by atoms with Crippen molar-refractivity contribution in [1.82, 2.24) is 15.0 Å². The summed E-state index contributed by atoms with van der Waals surface area (Å²) in [5.74, 6) is 0.963. The van der Waals surface area contributed by atoms with Crippen LogP contribution in [0.15, 0.2) is 16.8 Å². The Labute approximate surface area is 137 Å². The van der Waals surface area contributed by atoms with Crippen LogP contribution < -0.4 is 0 Å². The van der Waals surface area contributed by atoms with Gasteiger partial charge >= 0.3 is 0 Å². The molecule has 1 aliphatic carbocycles. The van der Waals surface area contributed by atoms with Gasteiger partial charge in [0.25, 0.3) is 11.6 Å². The fourth-order valence-corrected chi connectivity index (χ4v) is 3.51. The lowest BCUT2D eigenvalue weighted by molar-refractivity contribution is 0.0672. The van der Waals surface area contributed by atoms with Crippen molar-refractivity contribution in [1.29, 1.82) is 0 Å². The molecule has 0 spiro atoms. The monoisotopic (exact) mass is 315 g/mol. The molecular formula is C18H25N3O2. The lowest BCUT2D eigenvalue weighted by Crippen LogP contribution is -2.39. The van der Waals surface area contributed by atoms with E-state index in [0.717, 1.165) is 23.9 Å². The Kier molecular flexibility index (Phi) is 4.37. The summed E-state index contributed by atoms with van der Waals surface area (Å²) < 4.78 is 5.25. The predicted octanol–water partition coefficient (Wildman–Crippen LogP) is 4.00. The molecule has 1 amide bonds. The highest BCUT2D eigenvalue weighted by Gasteiger charge is 2.26. The Hall–Kier alpha value is -1.91. The molecule has 2 atom stereocenters. The zero-order valence-corrected chi connectivity index (χ0v) is 14.4. The van der Waals surface area contributed by atoms with Crippen LogP contribution in [0.1, 0.15) is 68.4 Å². The summed E-state index contributed by atoms with van der Waals surface area (Å²) in [6, 6.07) is 2.20. The highest BCUT2D eigenvalue weighted by molar-refractivity contribution is 5.97. The fraction of sp³-hybridized carbons (Fsp3) is 0.611. The number of amides is 1. The number of pyridine rings is 1. The van der Waals surface area contributed by atoms with Gasteiger partial charge < -0.3 is 9.42 Å². The van der Waals surface area contributed by atoms with E-state index in [2.05, 4.69) is 30.9 Å². The van der Waals surface area contributed by atoms with Gasteiger partial charge in [0.15, 0.2) is 0 Å². The summed E-state index contributed by atoms with van der Waals surface area (Å²) in [5.41, 5.74) is 1.97. The minimum absolute atomic E-state index is 0.0365.